The maximum Gasteiger partial charge on any atom is 0.338 e. The molecule has 0 saturated carbocycles. The van der Waals surface area contributed by atoms with Crippen molar-refractivity contribution < 1.29 is 31.5 Å². The van der Waals surface area contributed by atoms with Crippen molar-refractivity contribution in [1.29, 1.82) is 0 Å². The van der Waals surface area contributed by atoms with Crippen LogP contribution in [0.15, 0.2) is 65.6 Å². The lowest BCUT2D eigenvalue weighted by Gasteiger charge is -2.28. The molecule has 1 aliphatic rings. The zero-order valence-electron chi connectivity index (χ0n) is 29.1. The smallest absolute Gasteiger partial charge is 0.338 e. The summed E-state index contributed by atoms with van der Waals surface area (Å²) in [5, 5.41) is 6.40. The fourth-order valence-electron chi connectivity index (χ4n) is 6.00. The Bertz CT molecular complexity index is 1690. The van der Waals surface area contributed by atoms with E-state index in [-0.39, 0.29) is 47.6 Å². The zero-order valence-corrected chi connectivity index (χ0v) is 29.9. The minimum atomic E-state index is -4.06. The second-order valence-electron chi connectivity index (χ2n) is 12.6. The lowest BCUT2D eigenvalue weighted by molar-refractivity contribution is 0.0237. The Hall–Kier alpha value is -3.75. The predicted octanol–water partition coefficient (Wildman–Crippen LogP) is 4.27. The molecule has 0 aromatic heterocycles. The molecule has 2 unspecified atom stereocenters. The second-order valence-corrected chi connectivity index (χ2v) is 14.5. The molecule has 4 rings (SSSR count). The van der Waals surface area contributed by atoms with E-state index in [4.69, 9.17) is 10.5 Å². The van der Waals surface area contributed by atoms with Crippen LogP contribution in [0.25, 0.3) is 0 Å². The van der Waals surface area contributed by atoms with E-state index in [2.05, 4.69) is 23.6 Å². The first kappa shape index (κ1) is 39.0. The molecule has 1 aliphatic heterocycles. The van der Waals surface area contributed by atoms with Gasteiger partial charge < -0.3 is 26.0 Å². The molecule has 0 aliphatic carbocycles. The van der Waals surface area contributed by atoms with E-state index in [0.29, 0.717) is 45.6 Å². The van der Waals surface area contributed by atoms with Gasteiger partial charge in [0.15, 0.2) is 0 Å². The van der Waals surface area contributed by atoms with Crippen molar-refractivity contribution in [2.75, 3.05) is 45.8 Å². The minimum Gasteiger partial charge on any atom is -0.456 e. The number of aryl methyl sites for hydroxylation is 1. The van der Waals surface area contributed by atoms with E-state index in [0.717, 1.165) is 23.6 Å². The van der Waals surface area contributed by atoms with Crippen molar-refractivity contribution in [2.45, 2.75) is 70.0 Å². The lowest BCUT2D eigenvalue weighted by atomic mass is 10.0. The monoisotopic (exact) mass is 713 g/mol. The fourth-order valence-corrected chi connectivity index (χ4v) is 7.51. The van der Waals surface area contributed by atoms with E-state index in [1.54, 1.807) is 4.90 Å². The minimum absolute atomic E-state index is 0.0101. The molecular formula is C37H49F2N5O5S. The molecule has 1 saturated heterocycles. The average Bonchev–Trinajstić information content (AvgIpc) is 3.10. The Labute approximate surface area is 294 Å². The maximum atomic E-state index is 14.0. The highest BCUT2D eigenvalue weighted by molar-refractivity contribution is 7.89. The van der Waals surface area contributed by atoms with E-state index >= 15 is 0 Å². The predicted molar refractivity (Wildman–Crippen MR) is 189 cm³/mol. The van der Waals surface area contributed by atoms with Crippen LogP contribution < -0.4 is 16.4 Å². The van der Waals surface area contributed by atoms with E-state index in [1.807, 2.05) is 32.0 Å². The number of benzene rings is 3. The lowest BCUT2D eigenvalue weighted by Crippen LogP contribution is -2.46. The molecule has 50 heavy (non-hydrogen) atoms. The largest absolute Gasteiger partial charge is 0.456 e. The molecule has 4 N–H and O–H groups in total. The third kappa shape index (κ3) is 10.6. The number of nitrogens with two attached hydrogens (primary N) is 1. The molecule has 10 nitrogen and oxygen atoms in total. The summed E-state index contributed by atoms with van der Waals surface area (Å²) in [6.07, 6.45) is 1.26. The van der Waals surface area contributed by atoms with Crippen LogP contribution in [-0.2, 0) is 34.1 Å². The van der Waals surface area contributed by atoms with Crippen LogP contribution in [-0.4, -0.2) is 87.5 Å². The van der Waals surface area contributed by atoms with Gasteiger partial charge in [0, 0.05) is 70.0 Å². The molecule has 3 aromatic rings. The van der Waals surface area contributed by atoms with Gasteiger partial charge in [-0.3, -0.25) is 4.79 Å². The summed E-state index contributed by atoms with van der Waals surface area (Å²) in [5.41, 5.74) is 8.94. The Morgan fingerprint density at radius 2 is 1.56 bits per heavy atom. The zero-order chi connectivity index (χ0) is 36.3. The Balaban J connectivity index is 1.67. The first-order chi connectivity index (χ1) is 23.9. The molecule has 1 fully saturated rings. The van der Waals surface area contributed by atoms with Gasteiger partial charge in [-0.1, -0.05) is 45.0 Å². The number of rotatable bonds is 17. The number of piperazine rings is 1. The third-order valence-corrected chi connectivity index (χ3v) is 10.5. The highest BCUT2D eigenvalue weighted by Crippen LogP contribution is 2.23. The maximum absolute atomic E-state index is 14.0. The number of halogens is 2. The van der Waals surface area contributed by atoms with Gasteiger partial charge in [0.05, 0.1) is 10.5 Å². The normalized spacial score (nSPS) is 15.0. The number of nitrogens with zero attached hydrogens (tertiary/aromatic N) is 2. The fraction of sp³-hybridized carbons (Fsp3) is 0.459. The molecule has 272 valence electrons. The molecule has 3 aromatic carbocycles. The van der Waals surface area contributed by atoms with Gasteiger partial charge in [0.1, 0.15) is 17.7 Å². The van der Waals surface area contributed by atoms with E-state index < -0.39 is 45.7 Å². The summed E-state index contributed by atoms with van der Waals surface area (Å²) in [6.45, 7) is 8.82. The van der Waals surface area contributed by atoms with Crippen LogP contribution in [0.4, 0.5) is 8.78 Å². The van der Waals surface area contributed by atoms with Gasteiger partial charge in [0.25, 0.3) is 5.91 Å². The van der Waals surface area contributed by atoms with Crippen molar-refractivity contribution in [3.63, 3.8) is 0 Å². The number of sulfonamides is 1. The van der Waals surface area contributed by atoms with Gasteiger partial charge in [-0.15, -0.1) is 0 Å². The molecule has 0 radical (unpaired) electrons. The van der Waals surface area contributed by atoms with Crippen molar-refractivity contribution in [2.24, 2.45) is 5.73 Å². The Kier molecular flexibility index (Phi) is 14.4. The van der Waals surface area contributed by atoms with E-state index in [1.165, 1.54) is 34.6 Å². The number of nitrogens with one attached hydrogen (secondary N) is 2. The molecule has 1 heterocycles. The SMILES string of the molecule is CCCN(CCC)C(=O)c1cc(C(=O)OC(CNCc2cccc(CC)c2)C(N)Cc2cc(F)cc(F)c2)cc(S(=O)(=O)N2CCNCC2)c1. The Morgan fingerprint density at radius 1 is 0.920 bits per heavy atom. The van der Waals surface area contributed by atoms with Crippen LogP contribution >= 0.6 is 0 Å². The quantitative estimate of drug-likeness (QED) is 0.177. The number of carbonyl (C=O) groups excluding carboxylic acids is 2. The van der Waals surface area contributed by atoms with Gasteiger partial charge >= 0.3 is 5.97 Å². The van der Waals surface area contributed by atoms with E-state index in [9.17, 15) is 26.8 Å². The van der Waals surface area contributed by atoms with Gasteiger partial charge in [0.2, 0.25) is 10.0 Å². The number of hydrogen-bond acceptors (Lipinski definition) is 8. The average molecular weight is 714 g/mol. The van der Waals surface area contributed by atoms with Gasteiger partial charge in [-0.05, 0) is 72.7 Å². The number of hydrogen-bond donors (Lipinski definition) is 3. The summed E-state index contributed by atoms with van der Waals surface area (Å²) in [4.78, 5) is 29.1. The number of amides is 1. The van der Waals surface area contributed by atoms with Crippen molar-refractivity contribution >= 4 is 21.9 Å². The molecule has 2 atom stereocenters. The highest BCUT2D eigenvalue weighted by atomic mass is 32.2. The molecule has 0 bridgehead atoms. The molecule has 0 spiro atoms. The number of carbonyl (C=O) groups is 2. The summed E-state index contributed by atoms with van der Waals surface area (Å²) in [6, 6.07) is 14.1. The summed E-state index contributed by atoms with van der Waals surface area (Å²) in [5.74, 6) is -2.78. The van der Waals surface area contributed by atoms with Crippen molar-refractivity contribution in [1.82, 2.24) is 19.8 Å². The third-order valence-electron chi connectivity index (χ3n) is 8.58. The first-order valence-electron chi connectivity index (χ1n) is 17.3. The van der Waals surface area contributed by atoms with Crippen LogP contribution in [0.5, 0.6) is 0 Å². The molecule has 1 amide bonds. The van der Waals surface area contributed by atoms with Crippen LogP contribution in [0.1, 0.15) is 71.0 Å². The van der Waals surface area contributed by atoms with Gasteiger partial charge in [-0.2, -0.15) is 4.31 Å². The number of esters is 1. The summed E-state index contributed by atoms with van der Waals surface area (Å²) >= 11 is 0. The first-order valence-corrected chi connectivity index (χ1v) is 18.7. The standard InChI is InChI=1S/C37H49F2N5O5S/c1-4-12-43(13-5-2)36(45)29-20-30(22-33(21-29)50(47,48)44-14-10-41-11-15-44)37(46)49-35(25-42-24-27-9-7-8-26(6-3)16-27)34(40)19-28-17-31(38)23-32(39)18-28/h7-9,16-18,20-23,34-35,41-42H,4-6,10-15,19,24-25,40H2,1-3H3. The summed E-state index contributed by atoms with van der Waals surface area (Å²) in [7, 11) is -4.06. The molecular weight excluding hydrogens is 665 g/mol. The van der Waals surface area contributed by atoms with Crippen LogP contribution in [0.3, 0.4) is 0 Å². The van der Waals surface area contributed by atoms with Gasteiger partial charge in [-0.25, -0.2) is 22.0 Å². The van der Waals surface area contributed by atoms with Crippen molar-refractivity contribution in [3.8, 4) is 0 Å². The highest BCUT2D eigenvalue weighted by Gasteiger charge is 2.30. The van der Waals surface area contributed by atoms with Crippen LogP contribution in [0, 0.1) is 11.6 Å². The second kappa shape index (κ2) is 18.5. The van der Waals surface area contributed by atoms with Crippen molar-refractivity contribution in [3.05, 3.63) is 100 Å². The molecule has 13 heteroatoms. The Morgan fingerprint density at radius 3 is 2.20 bits per heavy atom. The van der Waals surface area contributed by atoms with Crippen LogP contribution in [0.2, 0.25) is 0 Å². The summed E-state index contributed by atoms with van der Waals surface area (Å²) < 4.78 is 62.9. The topological polar surface area (TPSA) is 134 Å². The number of ether oxygens (including phenoxy) is 1.